The molecule has 0 saturated carbocycles. The summed E-state index contributed by atoms with van der Waals surface area (Å²) < 4.78 is 1.19. The number of carbonyl (C=O) groups excluding carboxylic acids is 3. The highest BCUT2D eigenvalue weighted by molar-refractivity contribution is 7.22. The lowest BCUT2D eigenvalue weighted by molar-refractivity contribution is -0.136. The van der Waals surface area contributed by atoms with Gasteiger partial charge in [0.2, 0.25) is 0 Å². The molecule has 0 unspecified atom stereocenters. The van der Waals surface area contributed by atoms with Crippen LogP contribution in [0.3, 0.4) is 0 Å². The van der Waals surface area contributed by atoms with Crippen molar-refractivity contribution < 1.29 is 14.4 Å². The van der Waals surface area contributed by atoms with Crippen LogP contribution in [-0.2, 0) is 16.0 Å². The Balaban J connectivity index is 0.997. The second-order valence-electron chi connectivity index (χ2n) is 9.94. The summed E-state index contributed by atoms with van der Waals surface area (Å²) in [5.41, 5.74) is 3.44. The van der Waals surface area contributed by atoms with Gasteiger partial charge in [0.05, 0.1) is 15.1 Å². The first-order valence-corrected chi connectivity index (χ1v) is 14.9. The summed E-state index contributed by atoms with van der Waals surface area (Å²) in [6.45, 7) is 2.91. The molecule has 2 aliphatic heterocycles. The van der Waals surface area contributed by atoms with Gasteiger partial charge in [0.1, 0.15) is 0 Å². The molecule has 0 radical (unpaired) electrons. The number of piperidine rings is 1. The molecule has 4 heterocycles. The maximum absolute atomic E-state index is 12.9. The van der Waals surface area contributed by atoms with Crippen molar-refractivity contribution in [1.29, 1.82) is 0 Å². The van der Waals surface area contributed by atoms with E-state index in [2.05, 4.69) is 21.6 Å². The molecule has 2 aromatic heterocycles. The second-order valence-corrected chi connectivity index (χ2v) is 11.9. The number of rotatable bonds is 5. The molecule has 2 aliphatic rings. The molecule has 6 rings (SSSR count). The number of fused-ring (bicyclic) bond motifs is 2. The lowest BCUT2D eigenvalue weighted by Gasteiger charge is -2.31. The maximum Gasteiger partial charge on any atom is 0.313 e. The number of hydrogen-bond acceptors (Lipinski definition) is 7. The minimum atomic E-state index is -0.677. The van der Waals surface area contributed by atoms with E-state index < -0.39 is 11.8 Å². The van der Waals surface area contributed by atoms with Gasteiger partial charge in [-0.25, -0.2) is 4.98 Å². The summed E-state index contributed by atoms with van der Waals surface area (Å²) in [6.07, 6.45) is 3.53. The van der Waals surface area contributed by atoms with Crippen LogP contribution in [0.25, 0.3) is 10.2 Å². The third-order valence-electron chi connectivity index (χ3n) is 7.36. The zero-order valence-electron chi connectivity index (χ0n) is 21.4. The minimum absolute atomic E-state index is 0.00646. The lowest BCUT2D eigenvalue weighted by Crippen LogP contribution is -2.41. The first-order chi connectivity index (χ1) is 19.0. The van der Waals surface area contributed by atoms with Crippen molar-refractivity contribution in [2.45, 2.75) is 25.7 Å². The van der Waals surface area contributed by atoms with Crippen LogP contribution in [0.4, 0.5) is 16.5 Å². The molecule has 200 valence electrons. The highest BCUT2D eigenvalue weighted by atomic mass is 32.1. The quantitative estimate of drug-likeness (QED) is 0.339. The molecule has 2 aromatic carbocycles. The average Bonchev–Trinajstić information content (AvgIpc) is 3.66. The molecule has 4 aromatic rings. The molecule has 3 amide bonds. The van der Waals surface area contributed by atoms with Crippen LogP contribution in [-0.4, -0.2) is 48.9 Å². The standard InChI is InChI=1S/C29H29N5O3S2/c35-26(30-18-19-11-14-33(15-12-19)29-32-22-6-1-2-7-24(22)39-29)27(36)31-21-9-10-23-20(17-21)5-3-13-34(23)28(37)25-8-4-16-38-25/h1-2,4,6-10,16-17,19H,3,5,11-15,18H2,(H,30,35)(H,31,36). The van der Waals surface area contributed by atoms with Crippen molar-refractivity contribution in [3.05, 3.63) is 70.4 Å². The van der Waals surface area contributed by atoms with Gasteiger partial charge < -0.3 is 20.4 Å². The number of thiophene rings is 1. The average molecular weight is 560 g/mol. The molecule has 0 atom stereocenters. The predicted molar refractivity (Wildman–Crippen MR) is 157 cm³/mol. The van der Waals surface area contributed by atoms with Gasteiger partial charge in [0.25, 0.3) is 5.91 Å². The minimum Gasteiger partial charge on any atom is -0.348 e. The van der Waals surface area contributed by atoms with Crippen molar-refractivity contribution in [3.63, 3.8) is 0 Å². The summed E-state index contributed by atoms with van der Waals surface area (Å²) in [5.74, 6) is -0.990. The Bertz CT molecular complexity index is 1480. The van der Waals surface area contributed by atoms with E-state index in [1.165, 1.54) is 16.0 Å². The largest absolute Gasteiger partial charge is 0.348 e. The molecular weight excluding hydrogens is 530 g/mol. The van der Waals surface area contributed by atoms with Crippen molar-refractivity contribution in [2.24, 2.45) is 5.92 Å². The van der Waals surface area contributed by atoms with Crippen LogP contribution in [0.1, 0.15) is 34.5 Å². The van der Waals surface area contributed by atoms with E-state index in [0.29, 0.717) is 29.6 Å². The summed E-state index contributed by atoms with van der Waals surface area (Å²) in [7, 11) is 0. The van der Waals surface area contributed by atoms with Crippen LogP contribution >= 0.6 is 22.7 Å². The third kappa shape index (κ3) is 5.53. The van der Waals surface area contributed by atoms with Gasteiger partial charge in [-0.1, -0.05) is 29.5 Å². The third-order valence-corrected chi connectivity index (χ3v) is 9.31. The number of nitrogens with one attached hydrogen (secondary N) is 2. The van der Waals surface area contributed by atoms with Gasteiger partial charge in [-0.2, -0.15) is 0 Å². The fourth-order valence-electron chi connectivity index (χ4n) is 5.25. The molecule has 8 nitrogen and oxygen atoms in total. The van der Waals surface area contributed by atoms with Crippen LogP contribution in [0, 0.1) is 5.92 Å². The monoisotopic (exact) mass is 559 g/mol. The van der Waals surface area contributed by atoms with Gasteiger partial charge in [-0.15, -0.1) is 11.3 Å². The number of amides is 3. The van der Waals surface area contributed by atoms with Crippen molar-refractivity contribution in [1.82, 2.24) is 10.3 Å². The van der Waals surface area contributed by atoms with Crippen LogP contribution in [0.5, 0.6) is 0 Å². The van der Waals surface area contributed by atoms with Crippen LogP contribution in [0.2, 0.25) is 0 Å². The molecule has 0 aliphatic carbocycles. The summed E-state index contributed by atoms with van der Waals surface area (Å²) >= 11 is 3.14. The van der Waals surface area contributed by atoms with E-state index in [1.54, 1.807) is 22.3 Å². The Labute approximate surface area is 234 Å². The molecule has 2 N–H and O–H groups in total. The van der Waals surface area contributed by atoms with Crippen LogP contribution in [0.15, 0.2) is 60.0 Å². The number of aromatic nitrogens is 1. The lowest BCUT2D eigenvalue weighted by atomic mass is 9.97. The SMILES string of the molecule is O=C(NCC1CCN(c2nc3ccccc3s2)CC1)C(=O)Nc1ccc2c(c1)CCCN2C(=O)c1cccs1. The van der Waals surface area contributed by atoms with E-state index in [1.807, 2.05) is 47.8 Å². The number of aryl methyl sites for hydroxylation is 1. The normalized spacial score (nSPS) is 15.7. The summed E-state index contributed by atoms with van der Waals surface area (Å²) in [4.78, 5) is 47.6. The smallest absolute Gasteiger partial charge is 0.313 e. The van der Waals surface area contributed by atoms with Gasteiger partial charge >= 0.3 is 11.8 Å². The Morgan fingerprint density at radius 3 is 2.62 bits per heavy atom. The predicted octanol–water partition coefficient (Wildman–Crippen LogP) is 4.92. The van der Waals surface area contributed by atoms with E-state index >= 15 is 0 Å². The summed E-state index contributed by atoms with van der Waals surface area (Å²) in [6, 6.07) is 17.3. The zero-order chi connectivity index (χ0) is 26.8. The Kier molecular flexibility index (Phi) is 7.30. The molecule has 1 fully saturated rings. The number of anilines is 3. The second kappa shape index (κ2) is 11.2. The number of thiazole rings is 1. The van der Waals surface area contributed by atoms with E-state index in [4.69, 9.17) is 4.98 Å². The Morgan fingerprint density at radius 1 is 0.974 bits per heavy atom. The molecular formula is C29H29N5O3S2. The molecule has 1 saturated heterocycles. The first kappa shape index (κ1) is 25.5. The number of nitrogens with zero attached hydrogens (tertiary/aromatic N) is 3. The maximum atomic E-state index is 12.9. The topological polar surface area (TPSA) is 94.6 Å². The number of hydrogen-bond donors (Lipinski definition) is 2. The molecule has 0 bridgehead atoms. The highest BCUT2D eigenvalue weighted by Gasteiger charge is 2.26. The molecule has 10 heteroatoms. The van der Waals surface area contributed by atoms with Gasteiger partial charge in [-0.05, 0) is 78.9 Å². The fraction of sp³-hybridized carbons (Fsp3) is 0.310. The Morgan fingerprint density at radius 2 is 1.82 bits per heavy atom. The van der Waals surface area contributed by atoms with E-state index in [9.17, 15) is 14.4 Å². The number of benzene rings is 2. The van der Waals surface area contributed by atoms with Crippen molar-refractivity contribution in [3.8, 4) is 0 Å². The van der Waals surface area contributed by atoms with E-state index in [-0.39, 0.29) is 5.91 Å². The van der Waals surface area contributed by atoms with Crippen molar-refractivity contribution in [2.75, 3.05) is 41.3 Å². The van der Waals surface area contributed by atoms with Crippen LogP contribution < -0.4 is 20.4 Å². The Hall–Kier alpha value is -3.76. The zero-order valence-corrected chi connectivity index (χ0v) is 23.0. The van der Waals surface area contributed by atoms with Gasteiger partial charge in [0.15, 0.2) is 5.13 Å². The summed E-state index contributed by atoms with van der Waals surface area (Å²) in [5, 5.41) is 8.48. The van der Waals surface area contributed by atoms with Gasteiger partial charge in [0, 0.05) is 37.6 Å². The van der Waals surface area contributed by atoms with E-state index in [0.717, 1.165) is 60.7 Å². The number of para-hydroxylation sites is 1. The highest BCUT2D eigenvalue weighted by Crippen LogP contribution is 2.32. The molecule has 39 heavy (non-hydrogen) atoms. The fourth-order valence-corrected chi connectivity index (χ4v) is 6.94. The molecule has 0 spiro atoms. The van der Waals surface area contributed by atoms with Gasteiger partial charge in [-0.3, -0.25) is 14.4 Å². The first-order valence-electron chi connectivity index (χ1n) is 13.2. The number of carbonyl (C=O) groups is 3. The van der Waals surface area contributed by atoms with Crippen molar-refractivity contribution >= 4 is 67.1 Å².